The highest BCUT2D eigenvalue weighted by Crippen LogP contribution is 2.47. The highest BCUT2D eigenvalue weighted by atomic mass is 35.5. The van der Waals surface area contributed by atoms with Crippen LogP contribution in [0.5, 0.6) is 5.75 Å². The van der Waals surface area contributed by atoms with Crippen molar-refractivity contribution in [2.24, 2.45) is 0 Å². The molecule has 4 rings (SSSR count). The Hall–Kier alpha value is -3.04. The first kappa shape index (κ1) is 30.2. The molecule has 2 atom stereocenters. The van der Waals surface area contributed by atoms with Crippen LogP contribution in [-0.4, -0.2) is 52.9 Å². The second kappa shape index (κ2) is 13.5. The molecule has 2 unspecified atom stereocenters. The normalized spacial score (nSPS) is 19.4. The van der Waals surface area contributed by atoms with Gasteiger partial charge in [0.25, 0.3) is 0 Å². The lowest BCUT2D eigenvalue weighted by molar-refractivity contribution is -0.0256. The number of hydrogen-bond donors (Lipinski definition) is 2. The molecule has 1 heterocycles. The molecule has 3 aromatic rings. The predicted molar refractivity (Wildman–Crippen MR) is 139 cm³/mol. The van der Waals surface area contributed by atoms with E-state index in [0.29, 0.717) is 25.3 Å². The molecule has 0 aliphatic carbocycles. The molecule has 6 nitrogen and oxygen atoms in total. The van der Waals surface area contributed by atoms with Gasteiger partial charge in [-0.05, 0) is 85.5 Å². The maximum atomic E-state index is 13.8. The Morgan fingerprint density at radius 3 is 2.14 bits per heavy atom. The first-order valence-electron chi connectivity index (χ1n) is 11.8. The predicted octanol–water partition coefficient (Wildman–Crippen LogP) is 4.80. The monoisotopic (exact) mass is 535 g/mol. The van der Waals surface area contributed by atoms with Crippen molar-refractivity contribution in [1.82, 2.24) is 4.90 Å². The third-order valence-electron chi connectivity index (χ3n) is 6.86. The summed E-state index contributed by atoms with van der Waals surface area (Å²) in [7, 11) is 0. The lowest BCUT2D eigenvalue weighted by atomic mass is 9.69. The van der Waals surface area contributed by atoms with Gasteiger partial charge in [-0.2, -0.15) is 0 Å². The van der Waals surface area contributed by atoms with Crippen LogP contribution < -0.4 is 4.74 Å². The summed E-state index contributed by atoms with van der Waals surface area (Å²) in [5.74, 6) is -1.16. The summed E-state index contributed by atoms with van der Waals surface area (Å²) in [6.45, 7) is 1.62. The van der Waals surface area contributed by atoms with E-state index in [-0.39, 0.29) is 47.6 Å². The van der Waals surface area contributed by atoms with Gasteiger partial charge in [0.1, 0.15) is 17.4 Å². The van der Waals surface area contributed by atoms with Crippen molar-refractivity contribution in [1.29, 1.82) is 0 Å². The van der Waals surface area contributed by atoms with E-state index in [2.05, 4.69) is 4.90 Å². The minimum Gasteiger partial charge on any atom is -0.494 e. The summed E-state index contributed by atoms with van der Waals surface area (Å²) < 4.78 is 33.2. The van der Waals surface area contributed by atoms with Gasteiger partial charge >= 0.3 is 5.97 Å². The van der Waals surface area contributed by atoms with E-state index < -0.39 is 11.5 Å². The fourth-order valence-electron chi connectivity index (χ4n) is 5.16. The number of carbonyl (C=O) groups is 1. The Bertz CT molecular complexity index is 1130. The number of halogens is 3. The number of nitrogens with zero attached hydrogens (tertiary/aromatic N) is 1. The van der Waals surface area contributed by atoms with Gasteiger partial charge in [-0.3, -0.25) is 4.90 Å². The van der Waals surface area contributed by atoms with Crippen LogP contribution in [0, 0.1) is 11.6 Å². The van der Waals surface area contributed by atoms with Crippen LogP contribution in [0.4, 0.5) is 8.78 Å². The summed E-state index contributed by atoms with van der Waals surface area (Å²) in [5.41, 5.74) is 1.17. The van der Waals surface area contributed by atoms with Gasteiger partial charge in [-0.1, -0.05) is 24.3 Å². The number of rotatable bonds is 9. The largest absolute Gasteiger partial charge is 0.494 e. The maximum Gasteiger partial charge on any atom is 0.335 e. The Morgan fingerprint density at radius 1 is 0.973 bits per heavy atom. The summed E-state index contributed by atoms with van der Waals surface area (Å²) in [6.07, 6.45) is 2.38. The Balaban J connectivity index is 0.00000241. The van der Waals surface area contributed by atoms with E-state index in [9.17, 15) is 18.7 Å². The fourth-order valence-corrected chi connectivity index (χ4v) is 5.16. The quantitative estimate of drug-likeness (QED) is 0.383. The van der Waals surface area contributed by atoms with E-state index in [1.54, 1.807) is 36.4 Å². The topological polar surface area (TPSA) is 102 Å². The molecule has 0 saturated carbocycles. The lowest BCUT2D eigenvalue weighted by Crippen LogP contribution is -2.56. The van der Waals surface area contributed by atoms with Crippen LogP contribution in [-0.2, 0) is 5.54 Å². The van der Waals surface area contributed by atoms with Gasteiger partial charge < -0.3 is 20.4 Å². The highest BCUT2D eigenvalue weighted by Gasteiger charge is 2.47. The van der Waals surface area contributed by atoms with Crippen molar-refractivity contribution in [3.8, 4) is 5.75 Å². The fraction of sp³-hybridized carbons (Fsp3) is 0.321. The van der Waals surface area contributed by atoms with Crippen molar-refractivity contribution in [2.75, 3.05) is 26.3 Å². The Labute approximate surface area is 221 Å². The molecule has 0 spiro atoms. The van der Waals surface area contributed by atoms with Crippen molar-refractivity contribution in [3.63, 3.8) is 0 Å². The number of benzene rings is 3. The van der Waals surface area contributed by atoms with Crippen LogP contribution in [0.1, 0.15) is 46.7 Å². The van der Waals surface area contributed by atoms with E-state index in [1.807, 2.05) is 0 Å². The number of carboxylic acids is 1. The number of hydrogen-bond acceptors (Lipinski definition) is 4. The molecule has 1 fully saturated rings. The molecular formula is C28H32ClF2NO5. The average Bonchev–Trinajstić information content (AvgIpc) is 2.87. The molecule has 200 valence electrons. The van der Waals surface area contributed by atoms with Crippen LogP contribution >= 0.6 is 12.4 Å². The number of aliphatic hydroxyl groups is 1. The van der Waals surface area contributed by atoms with Gasteiger partial charge in [0, 0.05) is 12.5 Å². The number of aromatic carboxylic acids is 1. The standard InChI is InChI=1S/C28H29F2NO4.ClH.H2O/c29-23-10-4-20(5-11-23)26-3-1-16-31(28(26,19-32)22-8-12-24(30)13-9-22)17-2-18-35-25-14-6-21(7-15-25)27(33)34;;/h4-15,26,32H,1-3,16-19H2,(H,33,34);1H;1H2. The zero-order valence-corrected chi connectivity index (χ0v) is 21.1. The first-order chi connectivity index (χ1) is 16.9. The van der Waals surface area contributed by atoms with Gasteiger partial charge in [0.05, 0.1) is 24.3 Å². The zero-order valence-electron chi connectivity index (χ0n) is 20.3. The molecule has 3 aromatic carbocycles. The van der Waals surface area contributed by atoms with Crippen molar-refractivity contribution >= 4 is 18.4 Å². The van der Waals surface area contributed by atoms with Crippen molar-refractivity contribution in [3.05, 3.63) is 101 Å². The first-order valence-corrected chi connectivity index (χ1v) is 11.8. The van der Waals surface area contributed by atoms with Crippen LogP contribution in [0.2, 0.25) is 0 Å². The molecule has 4 N–H and O–H groups in total. The summed E-state index contributed by atoms with van der Waals surface area (Å²) in [5, 5.41) is 19.9. The minimum absolute atomic E-state index is 0. The highest BCUT2D eigenvalue weighted by molar-refractivity contribution is 5.87. The third-order valence-corrected chi connectivity index (χ3v) is 6.86. The molecule has 0 bridgehead atoms. The average molecular weight is 536 g/mol. The van der Waals surface area contributed by atoms with Gasteiger partial charge in [0.15, 0.2) is 0 Å². The van der Waals surface area contributed by atoms with E-state index >= 15 is 0 Å². The number of carboxylic acid groups (broad SMARTS) is 1. The number of piperidine rings is 1. The molecule has 1 saturated heterocycles. The molecule has 9 heteroatoms. The summed E-state index contributed by atoms with van der Waals surface area (Å²) in [4.78, 5) is 13.2. The number of aliphatic hydroxyl groups excluding tert-OH is 1. The van der Waals surface area contributed by atoms with E-state index in [1.165, 1.54) is 36.4 Å². The van der Waals surface area contributed by atoms with E-state index in [4.69, 9.17) is 9.84 Å². The SMILES string of the molecule is Cl.O.O=C(O)c1ccc(OCCCN2CCCC(c3ccc(F)cc3)C2(CO)c2ccc(F)cc2)cc1. The molecule has 0 amide bonds. The van der Waals surface area contributed by atoms with Crippen LogP contribution in [0.15, 0.2) is 72.8 Å². The second-order valence-corrected chi connectivity index (χ2v) is 8.85. The smallest absolute Gasteiger partial charge is 0.335 e. The van der Waals surface area contributed by atoms with E-state index in [0.717, 1.165) is 30.5 Å². The van der Waals surface area contributed by atoms with Crippen molar-refractivity contribution < 1.29 is 34.0 Å². The summed E-state index contributed by atoms with van der Waals surface area (Å²) >= 11 is 0. The molecule has 1 aliphatic rings. The number of ether oxygens (including phenoxy) is 1. The van der Waals surface area contributed by atoms with Crippen LogP contribution in [0.25, 0.3) is 0 Å². The third kappa shape index (κ3) is 6.64. The second-order valence-electron chi connectivity index (χ2n) is 8.85. The summed E-state index contributed by atoms with van der Waals surface area (Å²) in [6, 6.07) is 18.9. The van der Waals surface area contributed by atoms with Crippen molar-refractivity contribution in [2.45, 2.75) is 30.7 Å². The molecule has 0 aromatic heterocycles. The number of likely N-dealkylation sites (tertiary alicyclic amines) is 1. The Morgan fingerprint density at radius 2 is 1.57 bits per heavy atom. The molecular weight excluding hydrogens is 504 g/mol. The lowest BCUT2D eigenvalue weighted by Gasteiger charge is -2.52. The van der Waals surface area contributed by atoms with Gasteiger partial charge in [-0.25, -0.2) is 13.6 Å². The zero-order chi connectivity index (χ0) is 24.8. The Kier molecular flexibility index (Phi) is 11.0. The molecule has 37 heavy (non-hydrogen) atoms. The maximum absolute atomic E-state index is 13.8. The molecule has 1 aliphatic heterocycles. The molecule has 0 radical (unpaired) electrons. The minimum atomic E-state index is -0.988. The van der Waals surface area contributed by atoms with Gasteiger partial charge in [0.2, 0.25) is 0 Å². The van der Waals surface area contributed by atoms with Gasteiger partial charge in [-0.15, -0.1) is 12.4 Å². The van der Waals surface area contributed by atoms with Crippen LogP contribution in [0.3, 0.4) is 0 Å².